The topological polar surface area (TPSA) is 97.1 Å². The Labute approximate surface area is 205 Å². The van der Waals surface area contributed by atoms with E-state index in [4.69, 9.17) is 4.52 Å². The van der Waals surface area contributed by atoms with E-state index in [9.17, 15) is 9.59 Å². The zero-order valence-corrected chi connectivity index (χ0v) is 19.5. The van der Waals surface area contributed by atoms with Gasteiger partial charge in [-0.05, 0) is 19.1 Å². The zero-order chi connectivity index (χ0) is 24.2. The van der Waals surface area contributed by atoms with Gasteiger partial charge in [-0.25, -0.2) is 4.98 Å². The molecular formula is C27H20N4O3S. The Morgan fingerprint density at radius 3 is 2.20 bits per heavy atom. The molecule has 0 spiro atoms. The van der Waals surface area contributed by atoms with Gasteiger partial charge in [-0.1, -0.05) is 94.9 Å². The van der Waals surface area contributed by atoms with Crippen molar-refractivity contribution < 1.29 is 14.1 Å². The molecule has 0 atom stereocenters. The zero-order valence-electron chi connectivity index (χ0n) is 18.7. The number of benzene rings is 3. The third-order valence-electron chi connectivity index (χ3n) is 5.24. The van der Waals surface area contributed by atoms with Crippen LogP contribution in [0.5, 0.6) is 0 Å². The first kappa shape index (κ1) is 22.2. The van der Waals surface area contributed by atoms with Gasteiger partial charge in [0.15, 0.2) is 16.6 Å². The molecule has 5 aromatic rings. The van der Waals surface area contributed by atoms with Gasteiger partial charge in [0.25, 0.3) is 11.8 Å². The van der Waals surface area contributed by atoms with Crippen molar-refractivity contribution >= 4 is 33.3 Å². The predicted octanol–water partition coefficient (Wildman–Crippen LogP) is 6.28. The Balaban J connectivity index is 1.39. The van der Waals surface area contributed by atoms with Crippen LogP contribution >= 0.6 is 11.3 Å². The van der Waals surface area contributed by atoms with Gasteiger partial charge >= 0.3 is 0 Å². The normalized spacial score (nSPS) is 10.7. The number of carbonyl (C=O) groups is 2. The van der Waals surface area contributed by atoms with Crippen molar-refractivity contribution in [2.45, 2.75) is 6.92 Å². The Bertz CT molecular complexity index is 1480. The van der Waals surface area contributed by atoms with Crippen LogP contribution in [0.4, 0.5) is 10.1 Å². The molecule has 35 heavy (non-hydrogen) atoms. The van der Waals surface area contributed by atoms with E-state index in [0.29, 0.717) is 27.2 Å². The lowest BCUT2D eigenvalue weighted by Gasteiger charge is -2.05. The lowest BCUT2D eigenvalue weighted by Crippen LogP contribution is -2.11. The van der Waals surface area contributed by atoms with E-state index in [1.807, 2.05) is 67.6 Å². The van der Waals surface area contributed by atoms with Gasteiger partial charge in [0.05, 0.1) is 0 Å². The SMILES string of the molecule is Cc1ccc(-c2cc(C(=O)Nc3nc(-c4ccccc4)c(NC(=O)c4ccccc4)s3)no2)cc1. The third kappa shape index (κ3) is 5.02. The second kappa shape index (κ2) is 9.74. The number of carbonyl (C=O) groups excluding carboxylic acids is 2. The molecule has 0 aliphatic heterocycles. The fourth-order valence-corrected chi connectivity index (χ4v) is 4.29. The van der Waals surface area contributed by atoms with Gasteiger partial charge in [-0.2, -0.15) is 0 Å². The highest BCUT2D eigenvalue weighted by Crippen LogP contribution is 2.36. The van der Waals surface area contributed by atoms with E-state index < -0.39 is 5.91 Å². The number of anilines is 2. The summed E-state index contributed by atoms with van der Waals surface area (Å²) in [6, 6.07) is 27.7. The van der Waals surface area contributed by atoms with Crippen molar-refractivity contribution in [1.29, 1.82) is 0 Å². The molecule has 8 heteroatoms. The van der Waals surface area contributed by atoms with Gasteiger partial charge in [-0.15, -0.1) is 0 Å². The molecule has 7 nitrogen and oxygen atoms in total. The minimum absolute atomic E-state index is 0.131. The summed E-state index contributed by atoms with van der Waals surface area (Å²) in [5.41, 5.74) is 3.99. The summed E-state index contributed by atoms with van der Waals surface area (Å²) in [5, 5.41) is 10.5. The standard InChI is InChI=1S/C27H20N4O3S/c1-17-12-14-18(15-13-17)22-16-21(31-34-22)25(33)30-27-28-23(19-8-4-2-5-9-19)26(35-27)29-24(32)20-10-6-3-7-11-20/h2-16H,1H3,(H,29,32)(H,28,30,33). The average Bonchev–Trinajstić information content (AvgIpc) is 3.53. The number of aryl methyl sites for hydroxylation is 1. The van der Waals surface area contributed by atoms with E-state index >= 15 is 0 Å². The molecule has 2 N–H and O–H groups in total. The molecule has 0 unspecified atom stereocenters. The highest BCUT2D eigenvalue weighted by molar-refractivity contribution is 7.20. The molecule has 2 heterocycles. The maximum Gasteiger partial charge on any atom is 0.279 e. The van der Waals surface area contributed by atoms with E-state index in [0.717, 1.165) is 16.7 Å². The molecule has 172 valence electrons. The number of nitrogens with zero attached hydrogens (tertiary/aromatic N) is 2. The second-order valence-electron chi connectivity index (χ2n) is 7.78. The highest BCUT2D eigenvalue weighted by atomic mass is 32.1. The largest absolute Gasteiger partial charge is 0.355 e. The van der Waals surface area contributed by atoms with Gasteiger partial charge in [0.2, 0.25) is 0 Å². The fourth-order valence-electron chi connectivity index (χ4n) is 3.41. The molecule has 5 rings (SSSR count). The van der Waals surface area contributed by atoms with Gasteiger partial charge in [-0.3, -0.25) is 14.9 Å². The molecule has 0 bridgehead atoms. The molecule has 0 saturated heterocycles. The second-order valence-corrected chi connectivity index (χ2v) is 8.78. The maximum absolute atomic E-state index is 12.9. The summed E-state index contributed by atoms with van der Waals surface area (Å²) in [6.07, 6.45) is 0. The summed E-state index contributed by atoms with van der Waals surface area (Å²) >= 11 is 1.17. The first-order chi connectivity index (χ1) is 17.1. The molecular weight excluding hydrogens is 460 g/mol. The summed E-state index contributed by atoms with van der Waals surface area (Å²) in [7, 11) is 0. The van der Waals surface area contributed by atoms with Crippen LogP contribution in [-0.2, 0) is 0 Å². The summed E-state index contributed by atoms with van der Waals surface area (Å²) < 4.78 is 5.36. The number of thiazole rings is 1. The summed E-state index contributed by atoms with van der Waals surface area (Å²) in [6.45, 7) is 2.00. The Morgan fingerprint density at radius 1 is 0.800 bits per heavy atom. The minimum atomic E-state index is -0.457. The molecule has 3 aromatic carbocycles. The summed E-state index contributed by atoms with van der Waals surface area (Å²) in [5.74, 6) is -0.222. The third-order valence-corrected chi connectivity index (χ3v) is 6.12. The first-order valence-electron chi connectivity index (χ1n) is 10.8. The molecule has 0 aliphatic rings. The van der Waals surface area contributed by atoms with E-state index in [1.54, 1.807) is 30.3 Å². The van der Waals surface area contributed by atoms with E-state index in [1.165, 1.54) is 11.3 Å². The van der Waals surface area contributed by atoms with E-state index in [2.05, 4.69) is 20.8 Å². The van der Waals surface area contributed by atoms with Crippen LogP contribution < -0.4 is 10.6 Å². The Kier molecular flexibility index (Phi) is 6.19. The van der Waals surface area contributed by atoms with Gasteiger partial charge < -0.3 is 9.84 Å². The first-order valence-corrected chi connectivity index (χ1v) is 11.7. The monoisotopic (exact) mass is 480 g/mol. The van der Waals surface area contributed by atoms with E-state index in [-0.39, 0.29) is 11.6 Å². The lowest BCUT2D eigenvalue weighted by atomic mass is 10.1. The number of aromatic nitrogens is 2. The number of hydrogen-bond donors (Lipinski definition) is 2. The lowest BCUT2D eigenvalue weighted by molar-refractivity contribution is 0.101. The van der Waals surface area contributed by atoms with Crippen LogP contribution in [0.15, 0.2) is 95.5 Å². The smallest absolute Gasteiger partial charge is 0.279 e. The van der Waals surface area contributed by atoms with Crippen molar-refractivity contribution in [2.24, 2.45) is 0 Å². The van der Waals surface area contributed by atoms with Crippen LogP contribution in [0.1, 0.15) is 26.4 Å². The molecule has 2 aromatic heterocycles. The fraction of sp³-hybridized carbons (Fsp3) is 0.0370. The number of nitrogens with one attached hydrogen (secondary N) is 2. The Morgan fingerprint density at radius 2 is 1.49 bits per heavy atom. The minimum Gasteiger partial charge on any atom is -0.355 e. The van der Waals surface area contributed by atoms with Gasteiger partial charge in [0.1, 0.15) is 10.7 Å². The number of rotatable bonds is 6. The van der Waals surface area contributed by atoms with Crippen molar-refractivity contribution in [3.05, 3.63) is 108 Å². The molecule has 0 radical (unpaired) electrons. The number of hydrogen-bond acceptors (Lipinski definition) is 6. The van der Waals surface area contributed by atoms with Crippen LogP contribution in [-0.4, -0.2) is 22.0 Å². The van der Waals surface area contributed by atoms with Crippen LogP contribution in [0.25, 0.3) is 22.6 Å². The van der Waals surface area contributed by atoms with Crippen LogP contribution in [0.3, 0.4) is 0 Å². The van der Waals surface area contributed by atoms with Crippen LogP contribution in [0, 0.1) is 6.92 Å². The maximum atomic E-state index is 12.9. The van der Waals surface area contributed by atoms with Crippen molar-refractivity contribution in [1.82, 2.24) is 10.1 Å². The van der Waals surface area contributed by atoms with Crippen LogP contribution in [0.2, 0.25) is 0 Å². The molecule has 0 saturated carbocycles. The molecule has 2 amide bonds. The Hall–Kier alpha value is -4.56. The average molecular weight is 481 g/mol. The van der Waals surface area contributed by atoms with Gasteiger partial charge in [0, 0.05) is 22.8 Å². The van der Waals surface area contributed by atoms with Crippen molar-refractivity contribution in [3.8, 4) is 22.6 Å². The van der Waals surface area contributed by atoms with Crippen molar-refractivity contribution in [3.63, 3.8) is 0 Å². The molecule has 0 fully saturated rings. The predicted molar refractivity (Wildman–Crippen MR) is 137 cm³/mol. The number of amides is 2. The highest BCUT2D eigenvalue weighted by Gasteiger charge is 2.20. The quantitative estimate of drug-likeness (QED) is 0.298. The summed E-state index contributed by atoms with van der Waals surface area (Å²) in [4.78, 5) is 30.2. The molecule has 0 aliphatic carbocycles. The van der Waals surface area contributed by atoms with Crippen molar-refractivity contribution in [2.75, 3.05) is 10.6 Å².